The minimum absolute atomic E-state index is 0.350. The summed E-state index contributed by atoms with van der Waals surface area (Å²) in [5.41, 5.74) is 7.18. The highest BCUT2D eigenvalue weighted by Crippen LogP contribution is 2.33. The van der Waals surface area contributed by atoms with Crippen molar-refractivity contribution in [1.82, 2.24) is 0 Å². The second-order valence-electron chi connectivity index (χ2n) is 5.44. The number of carbonyl (C=O) groups is 1. The predicted molar refractivity (Wildman–Crippen MR) is 76.0 cm³/mol. The number of aryl methyl sites for hydroxylation is 1. The molecule has 4 nitrogen and oxygen atoms in total. The van der Waals surface area contributed by atoms with Gasteiger partial charge >= 0.3 is 0 Å². The number of anilines is 1. The number of rotatable bonds is 3. The number of halogens is 1. The van der Waals surface area contributed by atoms with Crippen molar-refractivity contribution < 1.29 is 14.3 Å². The molecule has 5 heteroatoms. The first kappa shape index (κ1) is 14.8. The standard InChI is InChI=1S/C15H21FN2O2/c1-9-7-14(11(10(2)19)8-12(9)16)18-6-4-3-5-13(18)15(17)20/h7-8,10,13,19H,3-6H2,1-2H3,(H2,17,20)/t10-,13?/m1/s1. The Hall–Kier alpha value is -1.62. The van der Waals surface area contributed by atoms with Crippen molar-refractivity contribution in [3.05, 3.63) is 29.1 Å². The number of aliphatic hydroxyl groups is 1. The van der Waals surface area contributed by atoms with E-state index in [1.54, 1.807) is 19.9 Å². The van der Waals surface area contributed by atoms with Gasteiger partial charge in [0, 0.05) is 17.8 Å². The highest BCUT2D eigenvalue weighted by Gasteiger charge is 2.29. The summed E-state index contributed by atoms with van der Waals surface area (Å²) in [6, 6.07) is 2.66. The molecule has 2 atom stereocenters. The molecule has 0 radical (unpaired) electrons. The Morgan fingerprint density at radius 3 is 2.80 bits per heavy atom. The second-order valence-corrected chi connectivity index (χ2v) is 5.44. The first-order valence-electron chi connectivity index (χ1n) is 6.96. The first-order chi connectivity index (χ1) is 9.41. The molecule has 3 N–H and O–H groups in total. The summed E-state index contributed by atoms with van der Waals surface area (Å²) in [5.74, 6) is -0.722. The van der Waals surface area contributed by atoms with E-state index in [9.17, 15) is 14.3 Å². The Balaban J connectivity index is 2.48. The molecule has 1 amide bonds. The Kier molecular flexibility index (Phi) is 4.28. The van der Waals surface area contributed by atoms with Crippen LogP contribution in [0.5, 0.6) is 0 Å². The second kappa shape index (κ2) is 5.79. The average molecular weight is 280 g/mol. The summed E-state index contributed by atoms with van der Waals surface area (Å²) in [7, 11) is 0. The maximum atomic E-state index is 13.7. The monoisotopic (exact) mass is 280 g/mol. The normalized spacial score (nSPS) is 20.8. The molecular weight excluding hydrogens is 259 g/mol. The third kappa shape index (κ3) is 2.77. The quantitative estimate of drug-likeness (QED) is 0.890. The highest BCUT2D eigenvalue weighted by atomic mass is 19.1. The molecule has 0 bridgehead atoms. The molecule has 1 aromatic carbocycles. The third-order valence-electron chi connectivity index (χ3n) is 3.90. The summed E-state index contributed by atoms with van der Waals surface area (Å²) in [5, 5.41) is 9.87. The number of amides is 1. The van der Waals surface area contributed by atoms with Gasteiger partial charge < -0.3 is 15.7 Å². The van der Waals surface area contributed by atoms with Crippen LogP contribution in [0.3, 0.4) is 0 Å². The molecule has 1 heterocycles. The van der Waals surface area contributed by atoms with Gasteiger partial charge in [-0.1, -0.05) is 0 Å². The molecule has 1 aliphatic heterocycles. The number of carbonyl (C=O) groups excluding carboxylic acids is 1. The van der Waals surface area contributed by atoms with Crippen molar-refractivity contribution >= 4 is 11.6 Å². The number of nitrogens with zero attached hydrogens (tertiary/aromatic N) is 1. The molecule has 0 aliphatic carbocycles. The van der Waals surface area contributed by atoms with Crippen LogP contribution in [0.1, 0.15) is 43.4 Å². The number of primary amides is 1. The number of hydrogen-bond donors (Lipinski definition) is 2. The molecular formula is C15H21FN2O2. The van der Waals surface area contributed by atoms with Crippen LogP contribution in [0.2, 0.25) is 0 Å². The number of aliphatic hydroxyl groups excluding tert-OH is 1. The molecule has 2 rings (SSSR count). The summed E-state index contributed by atoms with van der Waals surface area (Å²) in [4.78, 5) is 13.5. The van der Waals surface area contributed by atoms with Gasteiger partial charge in [0.05, 0.1) is 6.10 Å². The van der Waals surface area contributed by atoms with Crippen LogP contribution in [0.4, 0.5) is 10.1 Å². The van der Waals surface area contributed by atoms with Gasteiger partial charge in [0.25, 0.3) is 0 Å². The van der Waals surface area contributed by atoms with Gasteiger partial charge in [-0.05, 0) is 50.8 Å². The topological polar surface area (TPSA) is 66.6 Å². The van der Waals surface area contributed by atoms with E-state index >= 15 is 0 Å². The van der Waals surface area contributed by atoms with Crippen LogP contribution in [-0.2, 0) is 4.79 Å². The predicted octanol–water partition coefficient (Wildman–Crippen LogP) is 2.03. The first-order valence-corrected chi connectivity index (χ1v) is 6.96. The van der Waals surface area contributed by atoms with E-state index in [0.29, 0.717) is 29.8 Å². The fraction of sp³-hybridized carbons (Fsp3) is 0.533. The van der Waals surface area contributed by atoms with Crippen molar-refractivity contribution in [2.75, 3.05) is 11.4 Å². The molecule has 1 saturated heterocycles. The van der Waals surface area contributed by atoms with Crippen molar-refractivity contribution in [3.63, 3.8) is 0 Å². The van der Waals surface area contributed by atoms with Gasteiger partial charge in [0.2, 0.25) is 5.91 Å². The van der Waals surface area contributed by atoms with E-state index < -0.39 is 6.10 Å². The minimum atomic E-state index is -0.796. The lowest BCUT2D eigenvalue weighted by Crippen LogP contribution is -2.48. The molecule has 0 aromatic heterocycles. The molecule has 20 heavy (non-hydrogen) atoms. The van der Waals surface area contributed by atoms with Crippen molar-refractivity contribution in [2.45, 2.75) is 45.3 Å². The van der Waals surface area contributed by atoms with Crippen LogP contribution in [0.25, 0.3) is 0 Å². The molecule has 1 unspecified atom stereocenters. The zero-order chi connectivity index (χ0) is 14.9. The fourth-order valence-corrected chi connectivity index (χ4v) is 2.78. The maximum absolute atomic E-state index is 13.7. The van der Waals surface area contributed by atoms with E-state index in [0.717, 1.165) is 12.8 Å². The number of nitrogens with two attached hydrogens (primary N) is 1. The van der Waals surface area contributed by atoms with Gasteiger partial charge in [-0.15, -0.1) is 0 Å². The van der Waals surface area contributed by atoms with Gasteiger partial charge in [-0.2, -0.15) is 0 Å². The summed E-state index contributed by atoms with van der Waals surface area (Å²) < 4.78 is 13.7. The fourth-order valence-electron chi connectivity index (χ4n) is 2.78. The van der Waals surface area contributed by atoms with Crippen LogP contribution >= 0.6 is 0 Å². The SMILES string of the molecule is Cc1cc(N2CCCCC2C(N)=O)c([C@@H](C)O)cc1F. The Morgan fingerprint density at radius 2 is 2.20 bits per heavy atom. The van der Waals surface area contributed by atoms with E-state index in [-0.39, 0.29) is 17.8 Å². The molecule has 1 aromatic rings. The third-order valence-corrected chi connectivity index (χ3v) is 3.90. The number of hydrogen-bond acceptors (Lipinski definition) is 3. The molecule has 0 saturated carbocycles. The van der Waals surface area contributed by atoms with Crippen LogP contribution in [-0.4, -0.2) is 23.6 Å². The van der Waals surface area contributed by atoms with Gasteiger partial charge in [-0.3, -0.25) is 4.79 Å². The molecule has 1 fully saturated rings. The van der Waals surface area contributed by atoms with Crippen LogP contribution < -0.4 is 10.6 Å². The Bertz CT molecular complexity index is 517. The number of benzene rings is 1. The summed E-state index contributed by atoms with van der Waals surface area (Å²) in [6.45, 7) is 3.96. The summed E-state index contributed by atoms with van der Waals surface area (Å²) >= 11 is 0. The minimum Gasteiger partial charge on any atom is -0.389 e. The van der Waals surface area contributed by atoms with E-state index in [1.165, 1.54) is 6.07 Å². The van der Waals surface area contributed by atoms with Crippen molar-refractivity contribution in [3.8, 4) is 0 Å². The summed E-state index contributed by atoms with van der Waals surface area (Å²) in [6.07, 6.45) is 1.81. The lowest BCUT2D eigenvalue weighted by molar-refractivity contribution is -0.119. The van der Waals surface area contributed by atoms with Crippen molar-refractivity contribution in [1.29, 1.82) is 0 Å². The van der Waals surface area contributed by atoms with E-state index in [1.807, 2.05) is 4.90 Å². The van der Waals surface area contributed by atoms with E-state index in [2.05, 4.69) is 0 Å². The van der Waals surface area contributed by atoms with Gasteiger partial charge in [0.15, 0.2) is 0 Å². The van der Waals surface area contributed by atoms with Gasteiger partial charge in [0.1, 0.15) is 11.9 Å². The average Bonchev–Trinajstić information content (AvgIpc) is 2.41. The lowest BCUT2D eigenvalue weighted by Gasteiger charge is -2.37. The van der Waals surface area contributed by atoms with Gasteiger partial charge in [-0.25, -0.2) is 4.39 Å². The van der Waals surface area contributed by atoms with E-state index in [4.69, 9.17) is 5.73 Å². The smallest absolute Gasteiger partial charge is 0.240 e. The molecule has 110 valence electrons. The van der Waals surface area contributed by atoms with Crippen molar-refractivity contribution in [2.24, 2.45) is 5.73 Å². The molecule has 0 spiro atoms. The maximum Gasteiger partial charge on any atom is 0.240 e. The molecule has 1 aliphatic rings. The zero-order valence-electron chi connectivity index (χ0n) is 11.9. The lowest BCUT2D eigenvalue weighted by atomic mass is 9.97. The van der Waals surface area contributed by atoms with Crippen LogP contribution in [0, 0.1) is 12.7 Å². The number of piperidine rings is 1. The Morgan fingerprint density at radius 1 is 1.50 bits per heavy atom. The Labute approximate surface area is 118 Å². The largest absolute Gasteiger partial charge is 0.389 e. The van der Waals surface area contributed by atoms with Crippen LogP contribution in [0.15, 0.2) is 12.1 Å². The zero-order valence-corrected chi connectivity index (χ0v) is 11.9. The highest BCUT2D eigenvalue weighted by molar-refractivity contribution is 5.84.